The number of urea groups is 1. The summed E-state index contributed by atoms with van der Waals surface area (Å²) in [6, 6.07) is 21.6. The summed E-state index contributed by atoms with van der Waals surface area (Å²) < 4.78 is 10.7. The molecule has 6 heteroatoms. The predicted molar refractivity (Wildman–Crippen MR) is 117 cm³/mol. The van der Waals surface area contributed by atoms with Crippen LogP contribution in [0.2, 0.25) is 0 Å². The highest BCUT2D eigenvalue weighted by Gasteiger charge is 2.15. The molecule has 3 aromatic carbocycles. The number of rotatable bonds is 7. The smallest absolute Gasteiger partial charge is 0.341 e. The molecule has 3 aromatic rings. The van der Waals surface area contributed by atoms with Crippen LogP contribution < -0.4 is 15.4 Å². The molecule has 0 atom stereocenters. The van der Waals surface area contributed by atoms with Crippen molar-refractivity contribution >= 4 is 23.4 Å². The van der Waals surface area contributed by atoms with Crippen LogP contribution in [0.5, 0.6) is 5.75 Å². The molecule has 0 aliphatic rings. The van der Waals surface area contributed by atoms with E-state index in [1.807, 2.05) is 30.3 Å². The van der Waals surface area contributed by atoms with Gasteiger partial charge in [0.05, 0.1) is 7.11 Å². The van der Waals surface area contributed by atoms with Gasteiger partial charge in [0, 0.05) is 11.4 Å². The number of nitrogens with one attached hydrogen (secondary N) is 2. The van der Waals surface area contributed by atoms with E-state index < -0.39 is 12.0 Å². The summed E-state index contributed by atoms with van der Waals surface area (Å²) in [4.78, 5) is 24.4. The fourth-order valence-electron chi connectivity index (χ4n) is 2.85. The van der Waals surface area contributed by atoms with Crippen LogP contribution >= 0.6 is 0 Å². The number of amides is 2. The predicted octanol–water partition coefficient (Wildman–Crippen LogP) is 5.26. The van der Waals surface area contributed by atoms with E-state index >= 15 is 0 Å². The summed E-state index contributed by atoms with van der Waals surface area (Å²) in [5, 5.41) is 5.44. The topological polar surface area (TPSA) is 76.7 Å². The Bertz CT molecular complexity index is 1000. The highest BCUT2D eigenvalue weighted by atomic mass is 16.5. The maximum Gasteiger partial charge on any atom is 0.341 e. The minimum absolute atomic E-state index is 0.236. The van der Waals surface area contributed by atoms with E-state index in [9.17, 15) is 9.59 Å². The molecular weight excluding hydrogens is 380 g/mol. The number of carbonyl (C=O) groups is 2. The first-order valence-corrected chi connectivity index (χ1v) is 9.65. The summed E-state index contributed by atoms with van der Waals surface area (Å²) in [6.45, 7) is 2.42. The van der Waals surface area contributed by atoms with Gasteiger partial charge in [-0.05, 0) is 47.9 Å². The van der Waals surface area contributed by atoms with Crippen molar-refractivity contribution in [2.24, 2.45) is 0 Å². The van der Waals surface area contributed by atoms with E-state index in [2.05, 4.69) is 29.7 Å². The summed E-state index contributed by atoms with van der Waals surface area (Å²) in [5.74, 6) is -0.158. The fraction of sp³-hybridized carbons (Fsp3) is 0.167. The number of carbonyl (C=O) groups excluding carboxylic acids is 2. The summed E-state index contributed by atoms with van der Waals surface area (Å²) in [5.41, 5.74) is 3.59. The Morgan fingerprint density at radius 2 is 1.50 bits per heavy atom. The van der Waals surface area contributed by atoms with Crippen LogP contribution in [0.1, 0.15) is 28.4 Å². The van der Waals surface area contributed by atoms with Gasteiger partial charge in [0.1, 0.15) is 17.9 Å². The van der Waals surface area contributed by atoms with Gasteiger partial charge in [-0.3, -0.25) is 0 Å². The molecule has 0 fully saturated rings. The Hall–Kier alpha value is -3.80. The number of esters is 1. The molecule has 3 rings (SSSR count). The number of hydrogen-bond donors (Lipinski definition) is 2. The molecule has 30 heavy (non-hydrogen) atoms. The minimum atomic E-state index is -0.543. The van der Waals surface area contributed by atoms with Crippen molar-refractivity contribution < 1.29 is 19.1 Å². The molecule has 6 nitrogen and oxygen atoms in total. The zero-order valence-electron chi connectivity index (χ0n) is 17.0. The van der Waals surface area contributed by atoms with Crippen molar-refractivity contribution in [3.8, 4) is 5.75 Å². The highest BCUT2D eigenvalue weighted by Crippen LogP contribution is 2.25. The lowest BCUT2D eigenvalue weighted by molar-refractivity contribution is 0.0595. The van der Waals surface area contributed by atoms with Crippen LogP contribution in [0, 0.1) is 0 Å². The lowest BCUT2D eigenvalue weighted by Crippen LogP contribution is -2.19. The summed E-state index contributed by atoms with van der Waals surface area (Å²) in [6.07, 6.45) is 0.972. The van der Waals surface area contributed by atoms with Gasteiger partial charge in [0.25, 0.3) is 0 Å². The molecule has 154 valence electrons. The van der Waals surface area contributed by atoms with Gasteiger partial charge in [-0.25, -0.2) is 9.59 Å². The highest BCUT2D eigenvalue weighted by molar-refractivity contribution is 6.01. The first-order valence-electron chi connectivity index (χ1n) is 9.65. The molecule has 0 saturated carbocycles. The second kappa shape index (κ2) is 10.1. The zero-order valence-corrected chi connectivity index (χ0v) is 17.0. The van der Waals surface area contributed by atoms with Crippen LogP contribution in [-0.4, -0.2) is 19.1 Å². The molecule has 0 saturated heterocycles. The Morgan fingerprint density at radius 3 is 2.17 bits per heavy atom. The molecule has 0 bridgehead atoms. The van der Waals surface area contributed by atoms with E-state index in [1.54, 1.807) is 24.3 Å². The van der Waals surface area contributed by atoms with E-state index in [0.29, 0.717) is 23.7 Å². The second-order valence-corrected chi connectivity index (χ2v) is 6.61. The van der Waals surface area contributed by atoms with Crippen molar-refractivity contribution in [1.82, 2.24) is 0 Å². The average Bonchev–Trinajstić information content (AvgIpc) is 2.78. The van der Waals surface area contributed by atoms with Gasteiger partial charge in [-0.1, -0.05) is 49.4 Å². The Labute approximate surface area is 175 Å². The number of anilines is 2. The standard InChI is InChI=1S/C24H24N2O4/c1-3-17-9-11-18(12-10-17)16-30-22-14-13-20(15-21(22)23(27)29-2)26-24(28)25-19-7-5-4-6-8-19/h4-15H,3,16H2,1-2H3,(H2,25,26,28). The van der Waals surface area contributed by atoms with Crippen LogP contribution in [0.25, 0.3) is 0 Å². The molecule has 2 N–H and O–H groups in total. The molecule has 0 aromatic heterocycles. The summed E-state index contributed by atoms with van der Waals surface area (Å²) in [7, 11) is 1.30. The third-order valence-electron chi connectivity index (χ3n) is 4.50. The molecule has 0 unspecified atom stereocenters. The first-order chi connectivity index (χ1) is 14.6. The van der Waals surface area contributed by atoms with Crippen LogP contribution in [0.4, 0.5) is 16.2 Å². The number of methoxy groups -OCH3 is 1. The third kappa shape index (κ3) is 5.61. The third-order valence-corrected chi connectivity index (χ3v) is 4.50. The van der Waals surface area contributed by atoms with Crippen molar-refractivity contribution in [3.63, 3.8) is 0 Å². The van der Waals surface area contributed by atoms with Gasteiger partial charge >= 0.3 is 12.0 Å². The van der Waals surface area contributed by atoms with Gasteiger partial charge in [-0.2, -0.15) is 0 Å². The van der Waals surface area contributed by atoms with Gasteiger partial charge in [-0.15, -0.1) is 0 Å². The number of hydrogen-bond acceptors (Lipinski definition) is 4. The van der Waals surface area contributed by atoms with Crippen LogP contribution in [0.15, 0.2) is 72.8 Å². The van der Waals surface area contributed by atoms with E-state index in [0.717, 1.165) is 12.0 Å². The summed E-state index contributed by atoms with van der Waals surface area (Å²) >= 11 is 0. The largest absolute Gasteiger partial charge is 0.488 e. The zero-order chi connectivity index (χ0) is 21.3. The van der Waals surface area contributed by atoms with Gasteiger partial charge in [0.15, 0.2) is 0 Å². The van der Waals surface area contributed by atoms with Gasteiger partial charge in [0.2, 0.25) is 0 Å². The molecule has 0 aliphatic heterocycles. The molecule has 0 spiro atoms. The lowest BCUT2D eigenvalue weighted by atomic mass is 10.1. The molecule has 2 amide bonds. The van der Waals surface area contributed by atoms with Crippen LogP contribution in [-0.2, 0) is 17.8 Å². The normalized spacial score (nSPS) is 10.2. The van der Waals surface area contributed by atoms with Crippen LogP contribution in [0.3, 0.4) is 0 Å². The molecular formula is C24H24N2O4. The first kappa shape index (κ1) is 20.9. The van der Waals surface area contributed by atoms with Crippen molar-refractivity contribution in [2.45, 2.75) is 20.0 Å². The molecule has 0 heterocycles. The second-order valence-electron chi connectivity index (χ2n) is 6.61. The van der Waals surface area contributed by atoms with E-state index in [-0.39, 0.29) is 5.56 Å². The van der Waals surface area contributed by atoms with Crippen molar-refractivity contribution in [3.05, 3.63) is 89.5 Å². The quantitative estimate of drug-likeness (QED) is 0.527. The Kier molecular flexibility index (Phi) is 7.05. The van der Waals surface area contributed by atoms with Gasteiger partial charge < -0.3 is 20.1 Å². The lowest BCUT2D eigenvalue weighted by Gasteiger charge is -2.13. The fourth-order valence-corrected chi connectivity index (χ4v) is 2.85. The van der Waals surface area contributed by atoms with Crippen molar-refractivity contribution in [2.75, 3.05) is 17.7 Å². The Balaban J connectivity index is 1.71. The van der Waals surface area contributed by atoms with E-state index in [4.69, 9.17) is 9.47 Å². The number of para-hydroxylation sites is 1. The maximum absolute atomic E-state index is 12.2. The number of aryl methyl sites for hydroxylation is 1. The van der Waals surface area contributed by atoms with E-state index in [1.165, 1.54) is 18.7 Å². The average molecular weight is 404 g/mol. The molecule has 0 radical (unpaired) electrons. The Morgan fingerprint density at radius 1 is 0.833 bits per heavy atom. The minimum Gasteiger partial charge on any atom is -0.488 e. The maximum atomic E-state index is 12.2. The van der Waals surface area contributed by atoms with Crippen molar-refractivity contribution in [1.29, 1.82) is 0 Å². The SMILES string of the molecule is CCc1ccc(COc2ccc(NC(=O)Nc3ccccc3)cc2C(=O)OC)cc1. The number of benzene rings is 3. The monoisotopic (exact) mass is 404 g/mol. The molecule has 0 aliphatic carbocycles. The number of ether oxygens (including phenoxy) is 2.